The summed E-state index contributed by atoms with van der Waals surface area (Å²) in [6.45, 7) is 5.68. The number of amides is 1. The predicted octanol–water partition coefficient (Wildman–Crippen LogP) is 2.46. The lowest BCUT2D eigenvalue weighted by Gasteiger charge is -2.26. The first-order chi connectivity index (χ1) is 20.1. The molecule has 0 radical (unpaired) electrons. The van der Waals surface area contributed by atoms with E-state index in [1.54, 1.807) is 18.2 Å². The number of aromatic nitrogens is 2. The van der Waals surface area contributed by atoms with Gasteiger partial charge < -0.3 is 10.1 Å². The maximum atomic E-state index is 13.4. The molecular formula is C28H38N4O9S2. The number of aryl methyl sites for hydroxylation is 1. The van der Waals surface area contributed by atoms with E-state index in [4.69, 9.17) is 13.8 Å². The molecule has 1 aliphatic heterocycles. The summed E-state index contributed by atoms with van der Waals surface area (Å²) in [5, 5.41) is 3.50. The zero-order chi connectivity index (χ0) is 31.8. The van der Waals surface area contributed by atoms with Crippen molar-refractivity contribution in [2.75, 3.05) is 38.8 Å². The van der Waals surface area contributed by atoms with Crippen LogP contribution in [0.5, 0.6) is 5.75 Å². The van der Waals surface area contributed by atoms with E-state index in [2.05, 4.69) is 15.2 Å². The lowest BCUT2D eigenvalue weighted by atomic mass is 10.1. The van der Waals surface area contributed by atoms with Crippen LogP contribution in [0.2, 0.25) is 0 Å². The Labute approximate surface area is 251 Å². The van der Waals surface area contributed by atoms with E-state index in [1.807, 2.05) is 25.1 Å². The van der Waals surface area contributed by atoms with Gasteiger partial charge in [0.15, 0.2) is 0 Å². The zero-order valence-corrected chi connectivity index (χ0v) is 26.0. The second kappa shape index (κ2) is 14.9. The van der Waals surface area contributed by atoms with E-state index < -0.39 is 20.2 Å². The Bertz CT molecular complexity index is 1650. The minimum absolute atomic E-state index is 0.107. The van der Waals surface area contributed by atoms with E-state index >= 15 is 0 Å². The van der Waals surface area contributed by atoms with Gasteiger partial charge in [0.25, 0.3) is 31.7 Å². The summed E-state index contributed by atoms with van der Waals surface area (Å²) in [4.78, 5) is 32.8. The number of nitrogens with zero attached hydrogens (tertiary/aromatic N) is 3. The molecule has 2 heterocycles. The van der Waals surface area contributed by atoms with Crippen molar-refractivity contribution in [2.24, 2.45) is 0 Å². The summed E-state index contributed by atoms with van der Waals surface area (Å²) in [6, 6.07) is 11.2. The first-order valence-corrected chi connectivity index (χ1v) is 17.4. The van der Waals surface area contributed by atoms with Crippen molar-refractivity contribution >= 4 is 37.0 Å². The number of likely N-dealkylation sites (tertiary alicyclic amines) is 1. The van der Waals surface area contributed by atoms with E-state index in [9.17, 15) is 26.4 Å². The highest BCUT2D eigenvalue weighted by molar-refractivity contribution is 7.85. The average molecular weight is 639 g/mol. The lowest BCUT2D eigenvalue weighted by molar-refractivity contribution is 0.0951. The van der Waals surface area contributed by atoms with Gasteiger partial charge in [-0.3, -0.25) is 28.2 Å². The third kappa shape index (κ3) is 12.4. The quantitative estimate of drug-likeness (QED) is 0.323. The molecule has 1 aliphatic carbocycles. The first kappa shape index (κ1) is 34.1. The Morgan fingerprint density at radius 3 is 2.23 bits per heavy atom. The molecule has 1 amide bonds. The van der Waals surface area contributed by atoms with Crippen molar-refractivity contribution in [3.63, 3.8) is 0 Å². The van der Waals surface area contributed by atoms with Crippen LogP contribution >= 0.6 is 0 Å². The molecule has 0 spiro atoms. The minimum Gasteiger partial charge on any atom is -0.492 e. The van der Waals surface area contributed by atoms with E-state index in [1.165, 1.54) is 30.2 Å². The normalized spacial score (nSPS) is 15.5. The Morgan fingerprint density at radius 1 is 1.00 bits per heavy atom. The molecule has 2 aromatic carbocycles. The van der Waals surface area contributed by atoms with Gasteiger partial charge in [0.05, 0.1) is 29.1 Å². The van der Waals surface area contributed by atoms with Crippen molar-refractivity contribution in [1.82, 2.24) is 19.8 Å². The van der Waals surface area contributed by atoms with Gasteiger partial charge in [-0.05, 0) is 81.6 Å². The standard InChI is InChI=1S/C26H30N4O3.2CH4O3S/c1-18-5-6-19(25(31)28-20-7-8-20)15-24(18)30-17-27-23-10-9-21(16-22(23)26(30)32)33-14-13-29-11-3-2-4-12-29;2*1-5(2,3)4/h5-6,9-10,15-17,20H,2-4,7-8,11-14H2,1H3,(H,28,31);2*1H3,(H,2,3,4). The van der Waals surface area contributed by atoms with Gasteiger partial charge in [-0.25, -0.2) is 4.98 Å². The maximum Gasteiger partial charge on any atom is 0.265 e. The van der Waals surface area contributed by atoms with Crippen LogP contribution in [-0.2, 0) is 20.2 Å². The molecule has 43 heavy (non-hydrogen) atoms. The summed E-state index contributed by atoms with van der Waals surface area (Å²) >= 11 is 0. The number of hydrogen-bond acceptors (Lipinski definition) is 9. The van der Waals surface area contributed by atoms with Gasteiger partial charge >= 0.3 is 0 Å². The third-order valence-electron chi connectivity index (χ3n) is 6.50. The first-order valence-electron chi connectivity index (χ1n) is 13.7. The summed E-state index contributed by atoms with van der Waals surface area (Å²) in [5.74, 6) is 0.565. The Kier molecular flexibility index (Phi) is 11.8. The molecule has 1 saturated heterocycles. The molecule has 0 unspecified atom stereocenters. The Balaban J connectivity index is 0.000000440. The number of carbonyl (C=O) groups excluding carboxylic acids is 1. The molecule has 3 N–H and O–H groups in total. The predicted molar refractivity (Wildman–Crippen MR) is 163 cm³/mol. The van der Waals surface area contributed by atoms with Gasteiger partial charge in [-0.2, -0.15) is 16.8 Å². The van der Waals surface area contributed by atoms with Crippen LogP contribution in [0, 0.1) is 6.92 Å². The molecule has 0 atom stereocenters. The molecule has 5 rings (SSSR count). The molecule has 2 fully saturated rings. The zero-order valence-electron chi connectivity index (χ0n) is 24.4. The number of benzene rings is 2. The maximum absolute atomic E-state index is 13.4. The third-order valence-corrected chi connectivity index (χ3v) is 6.50. The number of piperidine rings is 1. The fourth-order valence-electron chi connectivity index (χ4n) is 4.34. The highest BCUT2D eigenvalue weighted by atomic mass is 32.2. The second-order valence-electron chi connectivity index (χ2n) is 10.6. The monoisotopic (exact) mass is 638 g/mol. The van der Waals surface area contributed by atoms with Crippen molar-refractivity contribution in [1.29, 1.82) is 0 Å². The summed E-state index contributed by atoms with van der Waals surface area (Å²) < 4.78 is 59.2. The van der Waals surface area contributed by atoms with Crippen LogP contribution in [0.25, 0.3) is 16.6 Å². The smallest absolute Gasteiger partial charge is 0.265 e. The van der Waals surface area contributed by atoms with Crippen molar-refractivity contribution in [2.45, 2.75) is 45.1 Å². The van der Waals surface area contributed by atoms with Crippen molar-refractivity contribution in [3.05, 3.63) is 64.2 Å². The van der Waals surface area contributed by atoms with Crippen molar-refractivity contribution < 1.29 is 35.5 Å². The summed E-state index contributed by atoms with van der Waals surface area (Å²) in [6.07, 6.45) is 8.84. The van der Waals surface area contributed by atoms with Crippen LogP contribution in [0.15, 0.2) is 47.5 Å². The second-order valence-corrected chi connectivity index (χ2v) is 13.5. The average Bonchev–Trinajstić information content (AvgIpc) is 3.72. The van der Waals surface area contributed by atoms with E-state index in [0.29, 0.717) is 47.0 Å². The van der Waals surface area contributed by atoms with Crippen LogP contribution in [0.1, 0.15) is 48.0 Å². The number of hydrogen-bond donors (Lipinski definition) is 3. The number of rotatable bonds is 7. The molecule has 13 nitrogen and oxygen atoms in total. The largest absolute Gasteiger partial charge is 0.492 e. The molecule has 0 bridgehead atoms. The fraction of sp³-hybridized carbons (Fsp3) is 0.464. The molecule has 15 heteroatoms. The minimum atomic E-state index is -3.67. The van der Waals surface area contributed by atoms with Crippen LogP contribution in [0.3, 0.4) is 0 Å². The van der Waals surface area contributed by atoms with Gasteiger partial charge in [0.2, 0.25) is 0 Å². The highest BCUT2D eigenvalue weighted by Gasteiger charge is 2.24. The highest BCUT2D eigenvalue weighted by Crippen LogP contribution is 2.22. The molecule has 2 aliphatic rings. The van der Waals surface area contributed by atoms with Gasteiger partial charge in [-0.15, -0.1) is 0 Å². The Morgan fingerprint density at radius 2 is 1.63 bits per heavy atom. The summed E-state index contributed by atoms with van der Waals surface area (Å²) in [7, 11) is -7.33. The van der Waals surface area contributed by atoms with Crippen LogP contribution in [-0.4, -0.2) is 91.1 Å². The van der Waals surface area contributed by atoms with Gasteiger partial charge in [-0.1, -0.05) is 12.5 Å². The van der Waals surface area contributed by atoms with E-state index in [0.717, 1.165) is 38.0 Å². The Hall–Kier alpha value is -3.37. The summed E-state index contributed by atoms with van der Waals surface area (Å²) in [5.41, 5.74) is 2.55. The van der Waals surface area contributed by atoms with Crippen LogP contribution < -0.4 is 15.6 Å². The number of carbonyl (C=O) groups is 1. The van der Waals surface area contributed by atoms with Gasteiger partial charge in [0, 0.05) is 18.2 Å². The number of fused-ring (bicyclic) bond motifs is 1. The topological polar surface area (TPSA) is 185 Å². The SMILES string of the molecule is CS(=O)(=O)O.CS(=O)(=O)O.Cc1ccc(C(=O)NC2CC2)cc1-n1cnc2ccc(OCCN3CCCCC3)cc2c1=O. The van der Waals surface area contributed by atoms with E-state index in [-0.39, 0.29) is 17.5 Å². The molecular weight excluding hydrogens is 600 g/mol. The van der Waals surface area contributed by atoms with Crippen LogP contribution in [0.4, 0.5) is 0 Å². The van der Waals surface area contributed by atoms with Crippen molar-refractivity contribution in [3.8, 4) is 11.4 Å². The molecule has 236 valence electrons. The van der Waals surface area contributed by atoms with Gasteiger partial charge in [0.1, 0.15) is 18.7 Å². The fourth-order valence-corrected chi connectivity index (χ4v) is 4.34. The molecule has 1 saturated carbocycles. The number of ether oxygens (including phenoxy) is 1. The lowest BCUT2D eigenvalue weighted by Crippen LogP contribution is -2.33. The number of nitrogens with one attached hydrogen (secondary N) is 1. The molecule has 3 aromatic rings. The molecule has 1 aromatic heterocycles.